The summed E-state index contributed by atoms with van der Waals surface area (Å²) in [7, 11) is 0. The van der Waals surface area contributed by atoms with E-state index < -0.39 is 12.7 Å². The van der Waals surface area contributed by atoms with Crippen LogP contribution in [0.1, 0.15) is 33.1 Å². The van der Waals surface area contributed by atoms with Gasteiger partial charge in [0.25, 0.3) is 0 Å². The summed E-state index contributed by atoms with van der Waals surface area (Å²) in [6, 6.07) is -0.0642. The Labute approximate surface area is 152 Å². The molecule has 150 valence electrons. The minimum absolute atomic E-state index is 0.0642. The van der Waals surface area contributed by atoms with Crippen molar-refractivity contribution in [2.45, 2.75) is 45.3 Å². The van der Waals surface area contributed by atoms with E-state index >= 15 is 0 Å². The third-order valence-electron chi connectivity index (χ3n) is 4.66. The number of alkyl halides is 3. The second kappa shape index (κ2) is 9.43. The molecule has 6 nitrogen and oxygen atoms in total. The summed E-state index contributed by atoms with van der Waals surface area (Å²) in [6.45, 7) is 5.84. The van der Waals surface area contributed by atoms with Gasteiger partial charge in [-0.15, -0.1) is 0 Å². The molecule has 2 atom stereocenters. The number of piperidine rings is 1. The summed E-state index contributed by atoms with van der Waals surface area (Å²) in [5.74, 6) is 0.309. The molecular formula is C17H29F3N4O2. The number of esters is 1. The van der Waals surface area contributed by atoms with E-state index in [4.69, 9.17) is 4.74 Å². The summed E-state index contributed by atoms with van der Waals surface area (Å²) in [4.78, 5) is 20.0. The molecule has 0 aromatic heterocycles. The van der Waals surface area contributed by atoms with Gasteiger partial charge in [-0.05, 0) is 33.1 Å². The Morgan fingerprint density at radius 3 is 2.65 bits per heavy atom. The SMILES string of the molecule is CCN=C(NC1CCN(CC(F)(F)F)C1)N1CCCC(C(=O)OCC)C1. The lowest BCUT2D eigenvalue weighted by Crippen LogP contribution is -2.51. The van der Waals surface area contributed by atoms with Gasteiger partial charge in [-0.25, -0.2) is 0 Å². The van der Waals surface area contributed by atoms with Crippen molar-refractivity contribution >= 4 is 11.9 Å². The van der Waals surface area contributed by atoms with E-state index in [9.17, 15) is 18.0 Å². The van der Waals surface area contributed by atoms with Gasteiger partial charge in [0.05, 0.1) is 19.1 Å². The highest BCUT2D eigenvalue weighted by Gasteiger charge is 2.35. The molecule has 0 bridgehead atoms. The lowest BCUT2D eigenvalue weighted by atomic mass is 9.98. The van der Waals surface area contributed by atoms with Gasteiger partial charge in [0.1, 0.15) is 0 Å². The zero-order valence-corrected chi connectivity index (χ0v) is 15.5. The number of likely N-dealkylation sites (tertiary alicyclic amines) is 2. The minimum Gasteiger partial charge on any atom is -0.466 e. The van der Waals surface area contributed by atoms with Gasteiger partial charge in [-0.2, -0.15) is 13.2 Å². The van der Waals surface area contributed by atoms with E-state index in [1.807, 2.05) is 11.8 Å². The van der Waals surface area contributed by atoms with Gasteiger partial charge >= 0.3 is 12.1 Å². The van der Waals surface area contributed by atoms with Gasteiger partial charge < -0.3 is 15.0 Å². The number of guanidine groups is 1. The van der Waals surface area contributed by atoms with E-state index in [2.05, 4.69) is 10.3 Å². The monoisotopic (exact) mass is 378 g/mol. The van der Waals surface area contributed by atoms with Crippen molar-refractivity contribution in [2.75, 3.05) is 45.9 Å². The first-order valence-corrected chi connectivity index (χ1v) is 9.34. The van der Waals surface area contributed by atoms with Crippen molar-refractivity contribution in [2.24, 2.45) is 10.9 Å². The number of ether oxygens (including phenoxy) is 1. The summed E-state index contributed by atoms with van der Waals surface area (Å²) >= 11 is 0. The molecule has 2 aliphatic rings. The molecule has 0 radical (unpaired) electrons. The predicted molar refractivity (Wildman–Crippen MR) is 92.9 cm³/mol. The summed E-state index contributed by atoms with van der Waals surface area (Å²) in [5, 5.41) is 3.31. The van der Waals surface area contributed by atoms with Crippen LogP contribution in [0.25, 0.3) is 0 Å². The molecule has 2 fully saturated rings. The van der Waals surface area contributed by atoms with Gasteiger partial charge in [0.15, 0.2) is 5.96 Å². The maximum atomic E-state index is 12.6. The smallest absolute Gasteiger partial charge is 0.401 e. The van der Waals surface area contributed by atoms with E-state index in [0.29, 0.717) is 45.2 Å². The average Bonchev–Trinajstić information content (AvgIpc) is 3.00. The normalized spacial score (nSPS) is 25.4. The van der Waals surface area contributed by atoms with Crippen LogP contribution in [0.2, 0.25) is 0 Å². The van der Waals surface area contributed by atoms with Crippen LogP contribution in [0.4, 0.5) is 13.2 Å². The Bertz CT molecular complexity index is 499. The molecular weight excluding hydrogens is 349 g/mol. The van der Waals surface area contributed by atoms with Crippen LogP contribution in [0.15, 0.2) is 4.99 Å². The summed E-state index contributed by atoms with van der Waals surface area (Å²) < 4.78 is 42.8. The number of nitrogens with zero attached hydrogens (tertiary/aromatic N) is 3. The minimum atomic E-state index is -4.17. The maximum Gasteiger partial charge on any atom is 0.401 e. The van der Waals surface area contributed by atoms with Crippen LogP contribution < -0.4 is 5.32 Å². The van der Waals surface area contributed by atoms with Crippen LogP contribution >= 0.6 is 0 Å². The van der Waals surface area contributed by atoms with Gasteiger partial charge in [-0.1, -0.05) is 0 Å². The Morgan fingerprint density at radius 2 is 2.00 bits per heavy atom. The highest BCUT2D eigenvalue weighted by Crippen LogP contribution is 2.21. The fourth-order valence-electron chi connectivity index (χ4n) is 3.54. The zero-order chi connectivity index (χ0) is 19.2. The number of hydrogen-bond acceptors (Lipinski definition) is 4. The van der Waals surface area contributed by atoms with Crippen molar-refractivity contribution in [3.63, 3.8) is 0 Å². The molecule has 26 heavy (non-hydrogen) atoms. The predicted octanol–water partition coefficient (Wildman–Crippen LogP) is 1.86. The fourth-order valence-corrected chi connectivity index (χ4v) is 3.54. The molecule has 2 rings (SSSR count). The molecule has 2 aliphatic heterocycles. The number of carbonyl (C=O) groups is 1. The first-order chi connectivity index (χ1) is 12.3. The summed E-state index contributed by atoms with van der Waals surface area (Å²) in [5.41, 5.74) is 0. The molecule has 0 aliphatic carbocycles. The second-order valence-corrected chi connectivity index (χ2v) is 6.82. The molecule has 0 amide bonds. The fraction of sp³-hybridized carbons (Fsp3) is 0.882. The van der Waals surface area contributed by atoms with Crippen LogP contribution in [0.5, 0.6) is 0 Å². The van der Waals surface area contributed by atoms with Crippen LogP contribution in [-0.2, 0) is 9.53 Å². The molecule has 0 aromatic rings. The van der Waals surface area contributed by atoms with E-state index in [1.165, 1.54) is 4.90 Å². The third kappa shape index (κ3) is 6.34. The van der Waals surface area contributed by atoms with Crippen molar-refractivity contribution < 1.29 is 22.7 Å². The van der Waals surface area contributed by atoms with Crippen LogP contribution in [-0.4, -0.2) is 79.8 Å². The maximum absolute atomic E-state index is 12.6. The third-order valence-corrected chi connectivity index (χ3v) is 4.66. The number of aliphatic imine (C=N–C) groups is 1. The van der Waals surface area contributed by atoms with Crippen molar-refractivity contribution in [1.29, 1.82) is 0 Å². The number of hydrogen-bond donors (Lipinski definition) is 1. The summed E-state index contributed by atoms with van der Waals surface area (Å²) in [6.07, 6.45) is -1.88. The Hall–Kier alpha value is -1.51. The lowest BCUT2D eigenvalue weighted by molar-refractivity contribution is -0.149. The Kier molecular flexibility index (Phi) is 7.55. The highest BCUT2D eigenvalue weighted by molar-refractivity contribution is 5.81. The number of rotatable bonds is 5. The van der Waals surface area contributed by atoms with Crippen LogP contribution in [0.3, 0.4) is 0 Å². The van der Waals surface area contributed by atoms with Gasteiger partial charge in [0.2, 0.25) is 0 Å². The average molecular weight is 378 g/mol. The van der Waals surface area contributed by atoms with Crippen molar-refractivity contribution in [3.05, 3.63) is 0 Å². The van der Waals surface area contributed by atoms with E-state index in [0.717, 1.165) is 19.4 Å². The quantitative estimate of drug-likeness (QED) is 0.450. The molecule has 1 N–H and O–H groups in total. The van der Waals surface area contributed by atoms with Gasteiger partial charge in [0, 0.05) is 38.8 Å². The van der Waals surface area contributed by atoms with Gasteiger partial charge in [-0.3, -0.25) is 14.7 Å². The molecule has 0 saturated carbocycles. The molecule has 9 heteroatoms. The molecule has 0 spiro atoms. The standard InChI is InChI=1S/C17H29F3N4O2/c1-3-21-16(22-14-7-9-23(11-14)12-17(18,19)20)24-8-5-6-13(10-24)15(25)26-4-2/h13-14H,3-12H2,1-2H3,(H,21,22). The number of carbonyl (C=O) groups excluding carboxylic acids is 1. The van der Waals surface area contributed by atoms with E-state index in [1.54, 1.807) is 6.92 Å². The number of nitrogens with one attached hydrogen (secondary N) is 1. The lowest BCUT2D eigenvalue weighted by Gasteiger charge is -2.35. The number of halogens is 3. The first-order valence-electron chi connectivity index (χ1n) is 9.34. The highest BCUT2D eigenvalue weighted by atomic mass is 19.4. The Morgan fingerprint density at radius 1 is 1.23 bits per heavy atom. The molecule has 2 unspecified atom stereocenters. The largest absolute Gasteiger partial charge is 0.466 e. The Balaban J connectivity index is 1.92. The van der Waals surface area contributed by atoms with E-state index in [-0.39, 0.29) is 17.9 Å². The van der Waals surface area contributed by atoms with Crippen molar-refractivity contribution in [1.82, 2.24) is 15.1 Å². The van der Waals surface area contributed by atoms with Crippen LogP contribution in [0, 0.1) is 5.92 Å². The molecule has 2 saturated heterocycles. The van der Waals surface area contributed by atoms with Crippen molar-refractivity contribution in [3.8, 4) is 0 Å². The topological polar surface area (TPSA) is 57.2 Å². The second-order valence-electron chi connectivity index (χ2n) is 6.82. The molecule has 2 heterocycles. The molecule has 0 aromatic carbocycles. The zero-order valence-electron chi connectivity index (χ0n) is 15.5. The first kappa shape index (κ1) is 20.8.